The molecule has 1 aliphatic heterocycles. The normalized spacial score (nSPS) is 23.3. The van der Waals surface area contributed by atoms with Crippen LogP contribution in [0.4, 0.5) is 13.2 Å². The lowest BCUT2D eigenvalue weighted by Crippen LogP contribution is -2.48. The molecule has 98 valence electrons. The monoisotopic (exact) mass is 271 g/mol. The molecule has 0 radical (unpaired) electrons. The molecule has 0 aliphatic carbocycles. The molecular weight excluding hydrogens is 259 g/mol. The number of nitrogens with zero attached hydrogens (tertiary/aromatic N) is 2. The van der Waals surface area contributed by atoms with Crippen molar-refractivity contribution in [2.75, 3.05) is 19.6 Å². The zero-order valence-corrected chi connectivity index (χ0v) is 9.68. The maximum absolute atomic E-state index is 11.9. The third-order valence-corrected chi connectivity index (χ3v) is 3.88. The number of hydrogen-bond acceptors (Lipinski definition) is 3. The molecule has 0 amide bonds. The second kappa shape index (κ2) is 5.20. The van der Waals surface area contributed by atoms with E-state index in [0.717, 1.165) is 4.31 Å². The number of alkyl halides is 3. The van der Waals surface area contributed by atoms with Gasteiger partial charge in [-0.25, -0.2) is 0 Å². The fourth-order valence-electron chi connectivity index (χ4n) is 1.53. The minimum absolute atomic E-state index is 0.0519. The fraction of sp³-hybridized carbons (Fsp3) is 0.875. The Morgan fingerprint density at radius 3 is 2.65 bits per heavy atom. The Kier molecular flexibility index (Phi) is 4.35. The second-order valence-corrected chi connectivity index (χ2v) is 5.52. The summed E-state index contributed by atoms with van der Waals surface area (Å²) in [5.74, 6) is -0.453. The van der Waals surface area contributed by atoms with Gasteiger partial charge in [-0.1, -0.05) is 0 Å². The molecule has 0 spiro atoms. The van der Waals surface area contributed by atoms with E-state index in [0.29, 0.717) is 12.8 Å². The molecule has 1 rings (SSSR count). The quantitative estimate of drug-likeness (QED) is 0.817. The van der Waals surface area contributed by atoms with Crippen molar-refractivity contribution in [3.8, 4) is 6.07 Å². The van der Waals surface area contributed by atoms with Crippen LogP contribution in [0.2, 0.25) is 0 Å². The molecule has 1 saturated heterocycles. The summed E-state index contributed by atoms with van der Waals surface area (Å²) in [6, 6.07) is 1.92. The number of piperidine rings is 1. The summed E-state index contributed by atoms with van der Waals surface area (Å²) in [6.45, 7) is -1.50. The highest BCUT2D eigenvalue weighted by Gasteiger charge is 2.33. The Morgan fingerprint density at radius 1 is 1.47 bits per heavy atom. The predicted molar refractivity (Wildman–Crippen MR) is 52.9 cm³/mol. The first-order chi connectivity index (χ1) is 7.74. The van der Waals surface area contributed by atoms with Crippen LogP contribution in [0.1, 0.15) is 12.8 Å². The molecule has 0 aromatic rings. The van der Waals surface area contributed by atoms with Crippen molar-refractivity contribution in [1.82, 2.24) is 9.03 Å². The molecule has 5 nitrogen and oxygen atoms in total. The van der Waals surface area contributed by atoms with E-state index < -0.39 is 28.8 Å². The maximum atomic E-state index is 11.9. The number of rotatable bonds is 3. The van der Waals surface area contributed by atoms with E-state index >= 15 is 0 Å². The van der Waals surface area contributed by atoms with Gasteiger partial charge in [0.1, 0.15) is 6.54 Å². The minimum Gasteiger partial charge on any atom is -0.198 e. The fourth-order valence-corrected chi connectivity index (χ4v) is 2.80. The van der Waals surface area contributed by atoms with E-state index in [1.54, 1.807) is 0 Å². The van der Waals surface area contributed by atoms with Crippen LogP contribution in [-0.2, 0) is 10.2 Å². The molecule has 17 heavy (non-hydrogen) atoms. The summed E-state index contributed by atoms with van der Waals surface area (Å²) < 4.78 is 61.1. The van der Waals surface area contributed by atoms with E-state index in [-0.39, 0.29) is 13.1 Å². The van der Waals surface area contributed by atoms with Gasteiger partial charge in [0.2, 0.25) is 0 Å². The number of halogens is 3. The summed E-state index contributed by atoms with van der Waals surface area (Å²) in [4.78, 5) is 0. The van der Waals surface area contributed by atoms with Gasteiger partial charge in [-0.15, -0.1) is 0 Å². The van der Waals surface area contributed by atoms with Gasteiger partial charge >= 0.3 is 6.18 Å². The Hall–Kier alpha value is -0.850. The molecule has 1 fully saturated rings. The molecule has 1 atom stereocenters. The molecule has 1 N–H and O–H groups in total. The van der Waals surface area contributed by atoms with Crippen molar-refractivity contribution >= 4 is 10.2 Å². The van der Waals surface area contributed by atoms with E-state index in [4.69, 9.17) is 5.26 Å². The average Bonchev–Trinajstić information content (AvgIpc) is 2.26. The Morgan fingerprint density at radius 2 is 2.12 bits per heavy atom. The van der Waals surface area contributed by atoms with Gasteiger partial charge in [0, 0.05) is 13.1 Å². The van der Waals surface area contributed by atoms with Gasteiger partial charge in [-0.2, -0.15) is 35.9 Å². The smallest absolute Gasteiger partial charge is 0.198 e. The first-order valence-electron chi connectivity index (χ1n) is 4.96. The highest BCUT2D eigenvalue weighted by molar-refractivity contribution is 7.87. The predicted octanol–water partition coefficient (Wildman–Crippen LogP) is 0.619. The third kappa shape index (κ3) is 4.49. The first kappa shape index (κ1) is 14.2. The van der Waals surface area contributed by atoms with E-state index in [1.807, 2.05) is 6.07 Å². The van der Waals surface area contributed by atoms with Gasteiger partial charge < -0.3 is 0 Å². The standard InChI is InChI=1S/C8H12F3N3O2S/c9-8(10,11)6-13-17(15,16)14-3-1-2-7(4-12)5-14/h7,13H,1-3,5-6H2. The first-order valence-corrected chi connectivity index (χ1v) is 6.40. The van der Waals surface area contributed by atoms with E-state index in [1.165, 1.54) is 4.72 Å². The van der Waals surface area contributed by atoms with Crippen LogP contribution in [0.3, 0.4) is 0 Å². The maximum Gasteiger partial charge on any atom is 0.402 e. The van der Waals surface area contributed by atoms with Crippen molar-refractivity contribution in [3.05, 3.63) is 0 Å². The minimum atomic E-state index is -4.59. The Labute approximate surface area is 97.4 Å². The molecule has 0 bridgehead atoms. The highest BCUT2D eigenvalue weighted by Crippen LogP contribution is 2.19. The van der Waals surface area contributed by atoms with Gasteiger partial charge in [0.15, 0.2) is 0 Å². The Balaban J connectivity index is 2.61. The van der Waals surface area contributed by atoms with Crippen molar-refractivity contribution in [1.29, 1.82) is 5.26 Å². The van der Waals surface area contributed by atoms with Gasteiger partial charge in [-0.05, 0) is 12.8 Å². The molecule has 0 saturated carbocycles. The van der Waals surface area contributed by atoms with Crippen LogP contribution in [0.5, 0.6) is 0 Å². The van der Waals surface area contributed by atoms with Crippen molar-refractivity contribution in [3.63, 3.8) is 0 Å². The lowest BCUT2D eigenvalue weighted by atomic mass is 10.0. The molecule has 9 heteroatoms. The van der Waals surface area contributed by atoms with Crippen LogP contribution in [0, 0.1) is 17.2 Å². The number of nitriles is 1. The summed E-state index contributed by atoms with van der Waals surface area (Å²) in [6.07, 6.45) is -3.54. The van der Waals surface area contributed by atoms with Gasteiger partial charge in [0.25, 0.3) is 10.2 Å². The van der Waals surface area contributed by atoms with Crippen LogP contribution >= 0.6 is 0 Å². The molecule has 1 heterocycles. The second-order valence-electron chi connectivity index (χ2n) is 3.77. The largest absolute Gasteiger partial charge is 0.402 e. The van der Waals surface area contributed by atoms with Crippen molar-refractivity contribution in [2.24, 2.45) is 5.92 Å². The zero-order chi connectivity index (χ0) is 13.1. The van der Waals surface area contributed by atoms with Crippen molar-refractivity contribution in [2.45, 2.75) is 19.0 Å². The van der Waals surface area contributed by atoms with Crippen LogP contribution in [0.25, 0.3) is 0 Å². The van der Waals surface area contributed by atoms with Gasteiger partial charge in [0.05, 0.1) is 12.0 Å². The Bertz CT molecular complexity index is 401. The SMILES string of the molecule is N#CC1CCCN(S(=O)(=O)NCC(F)(F)F)C1. The molecule has 1 unspecified atom stereocenters. The zero-order valence-electron chi connectivity index (χ0n) is 8.87. The number of hydrogen-bond donors (Lipinski definition) is 1. The average molecular weight is 271 g/mol. The summed E-state index contributed by atoms with van der Waals surface area (Å²) in [5, 5.41) is 8.66. The summed E-state index contributed by atoms with van der Waals surface area (Å²) in [7, 11) is -4.15. The summed E-state index contributed by atoms with van der Waals surface area (Å²) >= 11 is 0. The highest BCUT2D eigenvalue weighted by atomic mass is 32.2. The lowest BCUT2D eigenvalue weighted by Gasteiger charge is -2.28. The van der Waals surface area contributed by atoms with Crippen LogP contribution < -0.4 is 4.72 Å². The molecule has 0 aromatic carbocycles. The lowest BCUT2D eigenvalue weighted by molar-refractivity contribution is -0.121. The number of nitrogens with one attached hydrogen (secondary N) is 1. The topological polar surface area (TPSA) is 73.2 Å². The van der Waals surface area contributed by atoms with E-state index in [2.05, 4.69) is 0 Å². The molecular formula is C8H12F3N3O2S. The van der Waals surface area contributed by atoms with E-state index in [9.17, 15) is 21.6 Å². The third-order valence-electron chi connectivity index (χ3n) is 2.36. The van der Waals surface area contributed by atoms with Crippen molar-refractivity contribution < 1.29 is 21.6 Å². The van der Waals surface area contributed by atoms with Gasteiger partial charge in [-0.3, -0.25) is 0 Å². The van der Waals surface area contributed by atoms with Crippen LogP contribution in [-0.4, -0.2) is 38.5 Å². The molecule has 0 aromatic heterocycles. The van der Waals surface area contributed by atoms with Crippen LogP contribution in [0.15, 0.2) is 0 Å². The summed E-state index contributed by atoms with van der Waals surface area (Å²) in [5.41, 5.74) is 0. The molecule has 1 aliphatic rings.